The summed E-state index contributed by atoms with van der Waals surface area (Å²) in [5.74, 6) is -2.34. The van der Waals surface area contributed by atoms with Gasteiger partial charge in [-0.15, -0.1) is 23.1 Å². The number of allylic oxidation sites excluding steroid dienone is 1. The summed E-state index contributed by atoms with van der Waals surface area (Å²) in [6.07, 6.45) is 3.17. The Bertz CT molecular complexity index is 1330. The fraction of sp³-hybridized carbons (Fsp3) is 0.190. The number of carboxylic acid groups (broad SMARTS) is 1. The van der Waals surface area contributed by atoms with Crippen LogP contribution in [0.25, 0.3) is 6.08 Å². The number of amides is 2. The average molecular weight is 531 g/mol. The second kappa shape index (κ2) is 10.2. The number of hydrogen-bond acceptors (Lipinski definition) is 11. The van der Waals surface area contributed by atoms with Gasteiger partial charge < -0.3 is 21.0 Å². The predicted molar refractivity (Wildman–Crippen MR) is 132 cm³/mol. The zero-order valence-electron chi connectivity index (χ0n) is 18.5. The van der Waals surface area contributed by atoms with E-state index in [0.717, 1.165) is 16.2 Å². The third kappa shape index (κ3) is 4.78. The van der Waals surface area contributed by atoms with E-state index in [9.17, 15) is 29.6 Å². The van der Waals surface area contributed by atoms with Crippen molar-refractivity contribution in [2.75, 3.05) is 18.6 Å². The number of nitrogens with two attached hydrogens (primary N) is 1. The number of β-lactam (4-membered cyclic amide) rings is 1. The Morgan fingerprint density at radius 2 is 2.08 bits per heavy atom. The second-order valence-electron chi connectivity index (χ2n) is 7.42. The number of hydrogen-bond donors (Lipinski definition) is 3. The Hall–Kier alpha value is -4.24. The Morgan fingerprint density at radius 1 is 1.36 bits per heavy atom. The number of nitrogen functional groups attached to an aromatic ring is 1. The molecule has 36 heavy (non-hydrogen) atoms. The molecule has 3 heterocycles. The number of aliphatic carboxylic acids is 1. The van der Waals surface area contributed by atoms with Crippen LogP contribution in [0.3, 0.4) is 0 Å². The number of thiazole rings is 1. The number of carboxylic acids is 1. The molecule has 2 unspecified atom stereocenters. The standard InChI is InChI=1S/C21H18N6O7S2/c1-34-25-14(13-9-36-21(22)23-13)17(28)24-15-18(29)26-16(20(30)31)11(8-35-19(15)26)5-2-10-3-6-12(7-4-10)27(32)33/h2-7,9,15,19H,8H2,1H3,(H2,22,23)(H,24,28)(H,30,31)/b5-2+,25-14+. The topological polar surface area (TPSA) is 190 Å². The monoisotopic (exact) mass is 530 g/mol. The number of nitrogens with one attached hydrogen (secondary N) is 1. The largest absolute Gasteiger partial charge is 0.477 e. The van der Waals surface area contributed by atoms with Crippen LogP contribution in [0.5, 0.6) is 0 Å². The van der Waals surface area contributed by atoms with Crippen molar-refractivity contribution in [3.8, 4) is 0 Å². The minimum absolute atomic E-state index is 0.0649. The number of fused-ring (bicyclic) bond motifs is 1. The van der Waals surface area contributed by atoms with E-state index in [4.69, 9.17) is 10.6 Å². The van der Waals surface area contributed by atoms with Crippen molar-refractivity contribution in [1.29, 1.82) is 0 Å². The molecule has 2 atom stereocenters. The quantitative estimate of drug-likeness (QED) is 0.195. The van der Waals surface area contributed by atoms with Crippen molar-refractivity contribution in [3.05, 3.63) is 68.4 Å². The number of nitro benzene ring substituents is 1. The molecule has 0 spiro atoms. The van der Waals surface area contributed by atoms with Gasteiger partial charge >= 0.3 is 5.97 Å². The average Bonchev–Trinajstić information content (AvgIpc) is 3.29. The van der Waals surface area contributed by atoms with Crippen LogP contribution in [-0.2, 0) is 19.2 Å². The van der Waals surface area contributed by atoms with Gasteiger partial charge in [0, 0.05) is 23.3 Å². The van der Waals surface area contributed by atoms with Crippen LogP contribution in [-0.4, -0.2) is 67.7 Å². The highest BCUT2D eigenvalue weighted by atomic mass is 32.2. The molecule has 1 saturated heterocycles. The predicted octanol–water partition coefficient (Wildman–Crippen LogP) is 1.44. The fourth-order valence-electron chi connectivity index (χ4n) is 3.58. The van der Waals surface area contributed by atoms with Crippen LogP contribution < -0.4 is 11.1 Å². The number of oxime groups is 1. The molecule has 0 saturated carbocycles. The lowest BCUT2D eigenvalue weighted by molar-refractivity contribution is -0.384. The third-order valence-corrected chi connectivity index (χ3v) is 7.21. The van der Waals surface area contributed by atoms with Crippen molar-refractivity contribution in [1.82, 2.24) is 15.2 Å². The molecule has 0 radical (unpaired) electrons. The Balaban J connectivity index is 1.52. The van der Waals surface area contributed by atoms with E-state index in [1.165, 1.54) is 48.5 Å². The Morgan fingerprint density at radius 3 is 2.67 bits per heavy atom. The van der Waals surface area contributed by atoms with E-state index in [-0.39, 0.29) is 33.7 Å². The third-order valence-electron chi connectivity index (χ3n) is 5.23. The van der Waals surface area contributed by atoms with Crippen LogP contribution >= 0.6 is 23.1 Å². The molecule has 2 aliphatic heterocycles. The number of aromatic nitrogens is 1. The molecular formula is C21H18N6O7S2. The molecule has 0 bridgehead atoms. The summed E-state index contributed by atoms with van der Waals surface area (Å²) >= 11 is 2.39. The van der Waals surface area contributed by atoms with Crippen LogP contribution in [0.15, 0.2) is 52.1 Å². The van der Waals surface area contributed by atoms with E-state index < -0.39 is 34.1 Å². The van der Waals surface area contributed by atoms with Crippen molar-refractivity contribution >= 4 is 63.5 Å². The van der Waals surface area contributed by atoms with Crippen LogP contribution in [0.1, 0.15) is 11.3 Å². The molecule has 2 amide bonds. The number of thioether (sulfide) groups is 1. The van der Waals surface area contributed by atoms with Crippen LogP contribution in [0.2, 0.25) is 0 Å². The summed E-state index contributed by atoms with van der Waals surface area (Å²) in [5, 5.41) is 28.0. The smallest absolute Gasteiger partial charge is 0.352 e. The molecule has 15 heteroatoms. The zero-order chi connectivity index (χ0) is 26.0. The SMILES string of the molecule is CO/N=C(/C(=O)NC1C(=O)N2C(C(=O)O)=C(/C=C/c3ccc([N+](=O)[O-])cc3)CSC12)c1csc(N)n1. The lowest BCUT2D eigenvalue weighted by atomic mass is 10.0. The summed E-state index contributed by atoms with van der Waals surface area (Å²) in [6, 6.07) is 4.76. The molecular weight excluding hydrogens is 512 g/mol. The van der Waals surface area contributed by atoms with Gasteiger partial charge in [-0.25, -0.2) is 9.78 Å². The van der Waals surface area contributed by atoms with E-state index in [2.05, 4.69) is 15.5 Å². The molecule has 13 nitrogen and oxygen atoms in total. The normalized spacial score (nSPS) is 19.6. The van der Waals surface area contributed by atoms with Gasteiger partial charge in [-0.3, -0.25) is 24.6 Å². The molecule has 186 valence electrons. The van der Waals surface area contributed by atoms with E-state index >= 15 is 0 Å². The van der Waals surface area contributed by atoms with Gasteiger partial charge in [-0.1, -0.05) is 17.3 Å². The van der Waals surface area contributed by atoms with E-state index in [0.29, 0.717) is 11.1 Å². The lowest BCUT2D eigenvalue weighted by Crippen LogP contribution is -2.71. The van der Waals surface area contributed by atoms with Crippen LogP contribution in [0, 0.1) is 10.1 Å². The number of carbonyl (C=O) groups excluding carboxylic acids is 2. The van der Waals surface area contributed by atoms with Crippen LogP contribution in [0.4, 0.5) is 10.8 Å². The van der Waals surface area contributed by atoms with Crippen molar-refractivity contribution in [3.63, 3.8) is 0 Å². The van der Waals surface area contributed by atoms with Crippen molar-refractivity contribution < 1.29 is 29.3 Å². The molecule has 1 fully saturated rings. The summed E-state index contributed by atoms with van der Waals surface area (Å²) in [5.41, 5.74) is 6.39. The molecule has 2 aromatic rings. The lowest BCUT2D eigenvalue weighted by Gasteiger charge is -2.49. The van der Waals surface area contributed by atoms with Gasteiger partial charge in [0.2, 0.25) is 0 Å². The fourth-order valence-corrected chi connectivity index (χ4v) is 5.44. The number of benzene rings is 1. The highest BCUT2D eigenvalue weighted by Gasteiger charge is 2.54. The second-order valence-corrected chi connectivity index (χ2v) is 9.41. The number of nitrogens with zero attached hydrogens (tertiary/aromatic N) is 4. The number of rotatable bonds is 8. The summed E-state index contributed by atoms with van der Waals surface area (Å²) in [7, 11) is 1.26. The molecule has 1 aromatic carbocycles. The maximum Gasteiger partial charge on any atom is 0.352 e. The summed E-state index contributed by atoms with van der Waals surface area (Å²) in [6.45, 7) is 0. The maximum absolute atomic E-state index is 12.9. The number of nitro groups is 1. The Kier molecular flexibility index (Phi) is 7.03. The van der Waals surface area contributed by atoms with Gasteiger partial charge in [0.05, 0.1) is 4.92 Å². The minimum atomic E-state index is -1.29. The number of non-ortho nitro benzene ring substituents is 1. The van der Waals surface area contributed by atoms with E-state index in [1.807, 2.05) is 0 Å². The summed E-state index contributed by atoms with van der Waals surface area (Å²) < 4.78 is 0. The van der Waals surface area contributed by atoms with Gasteiger partial charge in [0.15, 0.2) is 10.8 Å². The number of anilines is 1. The highest BCUT2D eigenvalue weighted by molar-refractivity contribution is 8.00. The van der Waals surface area contributed by atoms with Gasteiger partial charge in [0.1, 0.15) is 29.9 Å². The maximum atomic E-state index is 12.9. The zero-order valence-corrected chi connectivity index (χ0v) is 20.1. The molecule has 4 N–H and O–H groups in total. The first kappa shape index (κ1) is 24.9. The van der Waals surface area contributed by atoms with Gasteiger partial charge in [-0.05, 0) is 23.3 Å². The first-order valence-electron chi connectivity index (χ1n) is 10.2. The Labute approximate surface area is 211 Å². The molecule has 2 aliphatic rings. The number of carbonyl (C=O) groups is 3. The van der Waals surface area contributed by atoms with Crippen molar-refractivity contribution in [2.24, 2.45) is 5.16 Å². The van der Waals surface area contributed by atoms with E-state index in [1.54, 1.807) is 12.2 Å². The first-order valence-corrected chi connectivity index (χ1v) is 12.1. The molecule has 4 rings (SSSR count). The first-order chi connectivity index (χ1) is 17.2. The molecule has 0 aliphatic carbocycles. The van der Waals surface area contributed by atoms with Crippen molar-refractivity contribution in [2.45, 2.75) is 11.4 Å². The minimum Gasteiger partial charge on any atom is -0.477 e. The highest BCUT2D eigenvalue weighted by Crippen LogP contribution is 2.40. The summed E-state index contributed by atoms with van der Waals surface area (Å²) in [4.78, 5) is 57.9. The molecule has 1 aromatic heterocycles. The van der Waals surface area contributed by atoms with Gasteiger partial charge in [-0.2, -0.15) is 0 Å². The van der Waals surface area contributed by atoms with Gasteiger partial charge in [0.25, 0.3) is 17.5 Å².